The average molecular weight is 325 g/mol. The van der Waals surface area contributed by atoms with E-state index >= 15 is 0 Å². The Hall–Kier alpha value is -1.41. The van der Waals surface area contributed by atoms with Crippen LogP contribution < -0.4 is 4.74 Å². The van der Waals surface area contributed by atoms with E-state index in [4.69, 9.17) is 9.84 Å². The van der Waals surface area contributed by atoms with Crippen molar-refractivity contribution in [3.05, 3.63) is 29.8 Å². The second-order valence-electron chi connectivity index (χ2n) is 5.25. The van der Waals surface area contributed by atoms with Gasteiger partial charge in [0.1, 0.15) is 11.9 Å². The second-order valence-corrected chi connectivity index (χ2v) is 5.25. The summed E-state index contributed by atoms with van der Waals surface area (Å²) < 4.78 is 68.5. The zero-order valence-corrected chi connectivity index (χ0v) is 11.6. The quantitative estimate of drug-likeness (QED) is 0.864. The van der Waals surface area contributed by atoms with Crippen LogP contribution in [-0.2, 0) is 0 Å². The normalized spacial score (nSPS) is 19.2. The number of nitrogens with zero attached hydrogens (tertiary/aromatic N) is 1. The molecule has 2 rings (SSSR count). The lowest BCUT2D eigenvalue weighted by Crippen LogP contribution is -2.45. The third-order valence-corrected chi connectivity index (χ3v) is 3.53. The van der Waals surface area contributed by atoms with Gasteiger partial charge < -0.3 is 14.7 Å². The van der Waals surface area contributed by atoms with Gasteiger partial charge in [-0.25, -0.2) is 8.78 Å². The van der Waals surface area contributed by atoms with Crippen molar-refractivity contribution >= 4 is 0 Å². The smallest absolute Gasteiger partial charge is 0.415 e. The lowest BCUT2D eigenvalue weighted by Gasteiger charge is -2.33. The minimum atomic E-state index is -4.63. The molecule has 124 valence electrons. The zero-order chi connectivity index (χ0) is 16.3. The Morgan fingerprint density at radius 3 is 2.41 bits per heavy atom. The first-order valence-corrected chi connectivity index (χ1v) is 6.84. The molecule has 0 amide bonds. The second kappa shape index (κ2) is 6.78. The Morgan fingerprint density at radius 1 is 1.23 bits per heavy atom. The highest BCUT2D eigenvalue weighted by Gasteiger charge is 2.39. The molecule has 1 aromatic rings. The Labute approximate surface area is 124 Å². The molecule has 0 saturated carbocycles. The zero-order valence-electron chi connectivity index (χ0n) is 11.6. The molecule has 22 heavy (non-hydrogen) atoms. The van der Waals surface area contributed by atoms with Gasteiger partial charge in [0.25, 0.3) is 0 Å². The van der Waals surface area contributed by atoms with Crippen LogP contribution in [0.25, 0.3) is 0 Å². The van der Waals surface area contributed by atoms with E-state index < -0.39 is 30.5 Å². The number of β-amino-alcohol motifs (C(OH)–C–C–N with tert-alkyl or cyclic N) is 1. The van der Waals surface area contributed by atoms with Gasteiger partial charge in [0, 0.05) is 25.7 Å². The van der Waals surface area contributed by atoms with Crippen molar-refractivity contribution in [2.75, 3.05) is 19.6 Å². The number of piperidine rings is 1. The molecule has 1 saturated heterocycles. The largest absolute Gasteiger partial charge is 0.487 e. The molecule has 1 aliphatic heterocycles. The minimum Gasteiger partial charge on any atom is -0.487 e. The maximum atomic E-state index is 13.5. The fourth-order valence-corrected chi connectivity index (χ4v) is 2.31. The lowest BCUT2D eigenvalue weighted by atomic mass is 10.1. The first-order chi connectivity index (χ1) is 10.3. The van der Waals surface area contributed by atoms with E-state index in [2.05, 4.69) is 0 Å². The molecule has 1 fully saturated rings. The van der Waals surface area contributed by atoms with Crippen LogP contribution in [0.5, 0.6) is 5.75 Å². The van der Waals surface area contributed by atoms with Crippen molar-refractivity contribution in [1.29, 1.82) is 0 Å². The highest BCUT2D eigenvalue weighted by Crippen LogP contribution is 2.25. The molecule has 3 nitrogen and oxygen atoms in total. The highest BCUT2D eigenvalue weighted by molar-refractivity contribution is 5.25. The summed E-state index contributed by atoms with van der Waals surface area (Å²) in [4.78, 5) is 1.49. The Balaban J connectivity index is 1.82. The first-order valence-electron chi connectivity index (χ1n) is 6.84. The Bertz CT molecular complexity index is 500. The van der Waals surface area contributed by atoms with E-state index in [-0.39, 0.29) is 11.9 Å². The summed E-state index contributed by atoms with van der Waals surface area (Å²) in [6, 6.07) is 2.97. The van der Waals surface area contributed by atoms with Gasteiger partial charge in [-0.3, -0.25) is 0 Å². The molecule has 1 N–H and O–H groups in total. The van der Waals surface area contributed by atoms with Crippen LogP contribution in [0.4, 0.5) is 22.0 Å². The summed E-state index contributed by atoms with van der Waals surface area (Å²) >= 11 is 0. The van der Waals surface area contributed by atoms with E-state index in [1.807, 2.05) is 0 Å². The molecular weight excluding hydrogens is 309 g/mol. The number of likely N-dealkylation sites (tertiary alicyclic amines) is 1. The predicted molar refractivity (Wildman–Crippen MR) is 68.5 cm³/mol. The van der Waals surface area contributed by atoms with Crippen LogP contribution in [0.2, 0.25) is 0 Å². The van der Waals surface area contributed by atoms with E-state index in [1.165, 1.54) is 11.0 Å². The number of halogens is 5. The number of hydrogen-bond acceptors (Lipinski definition) is 3. The summed E-state index contributed by atoms with van der Waals surface area (Å²) in [5.74, 6) is -1.59. The van der Waals surface area contributed by atoms with Crippen LogP contribution in [0, 0.1) is 11.6 Å². The maximum Gasteiger partial charge on any atom is 0.415 e. The summed E-state index contributed by atoms with van der Waals surface area (Å²) in [5.41, 5.74) is 0. The molecule has 8 heteroatoms. The third-order valence-electron chi connectivity index (χ3n) is 3.53. The van der Waals surface area contributed by atoms with Crippen LogP contribution in [0.3, 0.4) is 0 Å². The standard InChI is InChI=1S/C14H16F5NO2/c15-9-1-2-12(11(16)7-9)22-10-3-5-20(6-4-10)8-13(21)14(17,18)19/h1-2,7,10,13,21H,3-6,8H2/t13-/m1/s1. The number of benzene rings is 1. The molecule has 1 heterocycles. The lowest BCUT2D eigenvalue weighted by molar-refractivity contribution is -0.208. The van der Waals surface area contributed by atoms with Crippen molar-refractivity contribution in [2.24, 2.45) is 0 Å². The molecule has 0 radical (unpaired) electrons. The van der Waals surface area contributed by atoms with E-state index in [9.17, 15) is 22.0 Å². The SMILES string of the molecule is O[C@H](CN1CCC(Oc2ccc(F)cc2F)CC1)C(F)(F)F. The number of alkyl halides is 3. The van der Waals surface area contributed by atoms with Gasteiger partial charge in [-0.05, 0) is 25.0 Å². The van der Waals surface area contributed by atoms with Crippen LogP contribution in [-0.4, -0.2) is 48.0 Å². The van der Waals surface area contributed by atoms with E-state index in [0.717, 1.165) is 6.07 Å². The predicted octanol–water partition coefficient (Wildman–Crippen LogP) is 2.73. The van der Waals surface area contributed by atoms with Gasteiger partial charge in [0.15, 0.2) is 17.7 Å². The molecule has 1 atom stereocenters. The number of aliphatic hydroxyl groups is 1. The summed E-state index contributed by atoms with van der Waals surface area (Å²) in [5, 5.41) is 9.02. The summed E-state index contributed by atoms with van der Waals surface area (Å²) in [6.45, 7) is 0.127. The topological polar surface area (TPSA) is 32.7 Å². The number of ether oxygens (including phenoxy) is 1. The van der Waals surface area contributed by atoms with Gasteiger partial charge in [-0.1, -0.05) is 0 Å². The maximum absolute atomic E-state index is 13.5. The van der Waals surface area contributed by atoms with Gasteiger partial charge in [0.2, 0.25) is 0 Å². The van der Waals surface area contributed by atoms with Crippen molar-refractivity contribution in [3.8, 4) is 5.75 Å². The molecular formula is C14H16F5NO2. The highest BCUT2D eigenvalue weighted by atomic mass is 19.4. The summed E-state index contributed by atoms with van der Waals surface area (Å²) in [7, 11) is 0. The van der Waals surface area contributed by atoms with Gasteiger partial charge in [-0.2, -0.15) is 13.2 Å². The van der Waals surface area contributed by atoms with E-state index in [0.29, 0.717) is 32.0 Å². The van der Waals surface area contributed by atoms with Crippen LogP contribution in [0.1, 0.15) is 12.8 Å². The molecule has 1 aliphatic rings. The molecule has 0 spiro atoms. The Kier molecular flexibility index (Phi) is 5.23. The van der Waals surface area contributed by atoms with Gasteiger partial charge in [-0.15, -0.1) is 0 Å². The van der Waals surface area contributed by atoms with Crippen LogP contribution in [0.15, 0.2) is 18.2 Å². The monoisotopic (exact) mass is 325 g/mol. The van der Waals surface area contributed by atoms with E-state index in [1.54, 1.807) is 0 Å². The summed E-state index contributed by atoms with van der Waals surface area (Å²) in [6.07, 6.45) is -6.55. The number of aliphatic hydroxyl groups excluding tert-OH is 1. The molecule has 0 bridgehead atoms. The van der Waals surface area contributed by atoms with Gasteiger partial charge in [0.05, 0.1) is 0 Å². The van der Waals surface area contributed by atoms with Crippen molar-refractivity contribution in [3.63, 3.8) is 0 Å². The first kappa shape index (κ1) is 17.0. The van der Waals surface area contributed by atoms with Crippen molar-refractivity contribution < 1.29 is 31.8 Å². The van der Waals surface area contributed by atoms with Crippen molar-refractivity contribution in [2.45, 2.75) is 31.2 Å². The number of hydrogen-bond donors (Lipinski definition) is 1. The van der Waals surface area contributed by atoms with Gasteiger partial charge >= 0.3 is 6.18 Å². The number of rotatable bonds is 4. The fourth-order valence-electron chi connectivity index (χ4n) is 2.31. The third kappa shape index (κ3) is 4.54. The average Bonchev–Trinajstić information content (AvgIpc) is 2.43. The molecule has 0 unspecified atom stereocenters. The Morgan fingerprint density at radius 2 is 1.86 bits per heavy atom. The van der Waals surface area contributed by atoms with Crippen LogP contribution >= 0.6 is 0 Å². The fraction of sp³-hybridized carbons (Fsp3) is 0.571. The van der Waals surface area contributed by atoms with Crippen molar-refractivity contribution in [1.82, 2.24) is 4.90 Å². The molecule has 0 aromatic heterocycles. The molecule has 1 aromatic carbocycles. The molecule has 0 aliphatic carbocycles. The minimum absolute atomic E-state index is 0.0739.